The monoisotopic (exact) mass is 372 g/mol. The zero-order valence-corrected chi connectivity index (χ0v) is 15.9. The Bertz CT molecular complexity index is 683. The van der Waals surface area contributed by atoms with Gasteiger partial charge in [0.15, 0.2) is 0 Å². The molecule has 2 rings (SSSR count). The highest BCUT2D eigenvalue weighted by Crippen LogP contribution is 2.20. The van der Waals surface area contributed by atoms with E-state index in [1.165, 1.54) is 0 Å². The van der Waals surface area contributed by atoms with Gasteiger partial charge in [-0.1, -0.05) is 60.0 Å². The molecule has 138 valence electrons. The van der Waals surface area contributed by atoms with Crippen molar-refractivity contribution in [3.63, 3.8) is 0 Å². The number of aryl methyl sites for hydroxylation is 1. The molecule has 0 aliphatic rings. The number of benzene rings is 2. The summed E-state index contributed by atoms with van der Waals surface area (Å²) in [6.07, 6.45) is 2.60. The Labute approximate surface area is 159 Å². The van der Waals surface area contributed by atoms with Gasteiger partial charge in [-0.25, -0.2) is 0 Å². The summed E-state index contributed by atoms with van der Waals surface area (Å²) in [5, 5.41) is 21.9. The lowest BCUT2D eigenvalue weighted by molar-refractivity contribution is -0.121. The normalized spacial score (nSPS) is 11.7. The van der Waals surface area contributed by atoms with E-state index in [1.807, 2.05) is 72.1 Å². The van der Waals surface area contributed by atoms with E-state index in [1.54, 1.807) is 11.9 Å². The highest BCUT2D eigenvalue weighted by molar-refractivity contribution is 7.99. The van der Waals surface area contributed by atoms with Crippen molar-refractivity contribution in [2.75, 3.05) is 17.1 Å². The Kier molecular flexibility index (Phi) is 8.03. The van der Waals surface area contributed by atoms with Crippen LogP contribution in [0.5, 0.6) is 0 Å². The Balaban J connectivity index is 1.89. The van der Waals surface area contributed by atoms with Crippen LogP contribution >= 0.6 is 11.9 Å². The summed E-state index contributed by atoms with van der Waals surface area (Å²) in [4.78, 5) is 12.3. The standard InChI is InChI=1S/C19H25BN2O3S/c1-15-8-10-16(11-9-15)14-18(20(24)25)21-19(23)12-13-22(26-2)17-6-4-3-5-7-17/h3-11,18,24-25H,12-14H2,1-2H3,(H,21,23). The number of nitrogens with zero attached hydrogens (tertiary/aromatic N) is 1. The molecular weight excluding hydrogens is 347 g/mol. The predicted molar refractivity (Wildman–Crippen MR) is 109 cm³/mol. The van der Waals surface area contributed by atoms with Crippen molar-refractivity contribution in [2.45, 2.75) is 25.7 Å². The Morgan fingerprint density at radius 3 is 2.38 bits per heavy atom. The number of hydrogen-bond acceptors (Lipinski definition) is 5. The molecule has 3 N–H and O–H groups in total. The minimum atomic E-state index is -1.61. The summed E-state index contributed by atoms with van der Waals surface area (Å²) in [6.45, 7) is 2.53. The molecule has 0 heterocycles. The second kappa shape index (κ2) is 10.3. The maximum atomic E-state index is 12.3. The smallest absolute Gasteiger partial charge is 0.426 e. The van der Waals surface area contributed by atoms with Crippen molar-refractivity contribution < 1.29 is 14.8 Å². The molecule has 26 heavy (non-hydrogen) atoms. The van der Waals surface area contributed by atoms with Gasteiger partial charge >= 0.3 is 7.12 Å². The molecule has 0 aliphatic carbocycles. The van der Waals surface area contributed by atoms with E-state index in [0.29, 0.717) is 13.0 Å². The maximum absolute atomic E-state index is 12.3. The molecule has 1 unspecified atom stereocenters. The van der Waals surface area contributed by atoms with Gasteiger partial charge in [-0.3, -0.25) is 4.79 Å². The highest BCUT2D eigenvalue weighted by atomic mass is 32.2. The van der Waals surface area contributed by atoms with Crippen molar-refractivity contribution in [1.82, 2.24) is 5.32 Å². The van der Waals surface area contributed by atoms with E-state index in [9.17, 15) is 14.8 Å². The van der Waals surface area contributed by atoms with Gasteiger partial charge in [0.1, 0.15) is 0 Å². The minimum absolute atomic E-state index is 0.204. The van der Waals surface area contributed by atoms with Crippen LogP contribution in [0.25, 0.3) is 0 Å². The molecule has 7 heteroatoms. The largest absolute Gasteiger partial charge is 0.475 e. The Hall–Kier alpha value is -1.96. The third-order valence-electron chi connectivity index (χ3n) is 4.09. The Morgan fingerprint density at radius 2 is 1.81 bits per heavy atom. The molecule has 0 fully saturated rings. The van der Waals surface area contributed by atoms with Crippen LogP contribution in [0.1, 0.15) is 17.5 Å². The third-order valence-corrected chi connectivity index (χ3v) is 4.92. The first-order valence-corrected chi connectivity index (χ1v) is 9.75. The van der Waals surface area contributed by atoms with Crippen LogP contribution in [0.4, 0.5) is 5.69 Å². The number of nitrogens with one attached hydrogen (secondary N) is 1. The van der Waals surface area contributed by atoms with E-state index < -0.39 is 13.1 Å². The number of amides is 1. The van der Waals surface area contributed by atoms with Crippen molar-refractivity contribution in [2.24, 2.45) is 0 Å². The fourth-order valence-electron chi connectivity index (χ4n) is 2.61. The first-order valence-electron chi connectivity index (χ1n) is 8.57. The molecule has 1 atom stereocenters. The van der Waals surface area contributed by atoms with Crippen LogP contribution in [0.3, 0.4) is 0 Å². The lowest BCUT2D eigenvalue weighted by atomic mass is 9.76. The minimum Gasteiger partial charge on any atom is -0.426 e. The van der Waals surface area contributed by atoms with Gasteiger partial charge in [-0.15, -0.1) is 0 Å². The molecule has 1 amide bonds. The average molecular weight is 372 g/mol. The van der Waals surface area contributed by atoms with Crippen LogP contribution in [-0.2, 0) is 11.2 Å². The molecule has 0 saturated carbocycles. The fraction of sp³-hybridized carbons (Fsp3) is 0.316. The van der Waals surface area contributed by atoms with Gasteiger partial charge in [0, 0.05) is 24.9 Å². The molecule has 0 aliphatic heterocycles. The van der Waals surface area contributed by atoms with Gasteiger partial charge in [0.05, 0.1) is 5.94 Å². The van der Waals surface area contributed by atoms with Gasteiger partial charge in [-0.2, -0.15) is 0 Å². The summed E-state index contributed by atoms with van der Waals surface area (Å²) in [6, 6.07) is 17.6. The lowest BCUT2D eigenvalue weighted by Crippen LogP contribution is -2.48. The third kappa shape index (κ3) is 6.40. The predicted octanol–water partition coefficient (Wildman–Crippen LogP) is 2.21. The zero-order chi connectivity index (χ0) is 18.9. The molecule has 5 nitrogen and oxygen atoms in total. The number of carbonyl (C=O) groups excluding carboxylic acids is 1. The van der Waals surface area contributed by atoms with E-state index in [4.69, 9.17) is 0 Å². The average Bonchev–Trinajstić information content (AvgIpc) is 2.64. The van der Waals surface area contributed by atoms with Crippen LogP contribution in [0.15, 0.2) is 54.6 Å². The summed E-state index contributed by atoms with van der Waals surface area (Å²) in [5.74, 6) is -0.935. The zero-order valence-electron chi connectivity index (χ0n) is 15.1. The van der Waals surface area contributed by atoms with Crippen LogP contribution in [0.2, 0.25) is 0 Å². The molecule has 0 aromatic heterocycles. The molecule has 2 aromatic rings. The number of rotatable bonds is 9. The van der Waals surface area contributed by atoms with Crippen molar-refractivity contribution >= 4 is 30.7 Å². The molecule has 0 radical (unpaired) electrons. The van der Waals surface area contributed by atoms with Gasteiger partial charge in [0.25, 0.3) is 0 Å². The van der Waals surface area contributed by atoms with Crippen LogP contribution in [0, 0.1) is 6.92 Å². The van der Waals surface area contributed by atoms with Crippen molar-refractivity contribution in [1.29, 1.82) is 0 Å². The van der Waals surface area contributed by atoms with Crippen molar-refractivity contribution in [3.05, 3.63) is 65.7 Å². The molecule has 0 bridgehead atoms. The Morgan fingerprint density at radius 1 is 1.15 bits per heavy atom. The number of hydrogen-bond donors (Lipinski definition) is 3. The van der Waals surface area contributed by atoms with Crippen molar-refractivity contribution in [3.8, 4) is 0 Å². The van der Waals surface area contributed by atoms with Gasteiger partial charge in [-0.05, 0) is 31.0 Å². The van der Waals surface area contributed by atoms with Gasteiger partial charge < -0.3 is 19.7 Å². The van der Waals surface area contributed by atoms with E-state index >= 15 is 0 Å². The fourth-order valence-corrected chi connectivity index (χ4v) is 3.22. The summed E-state index contributed by atoms with van der Waals surface area (Å²) >= 11 is 1.55. The topological polar surface area (TPSA) is 72.8 Å². The molecular formula is C19H25BN2O3S. The van der Waals surface area contributed by atoms with E-state index in [2.05, 4.69) is 5.32 Å². The SMILES string of the molecule is CSN(CCC(=O)NC(Cc1ccc(C)cc1)B(O)O)c1ccccc1. The summed E-state index contributed by atoms with van der Waals surface area (Å²) < 4.78 is 2.03. The molecule has 2 aromatic carbocycles. The van der Waals surface area contributed by atoms with Crippen LogP contribution in [-0.4, -0.2) is 41.8 Å². The number of carbonyl (C=O) groups is 1. The second-order valence-corrected chi connectivity index (χ2v) is 6.95. The number of para-hydroxylation sites is 1. The highest BCUT2D eigenvalue weighted by Gasteiger charge is 2.25. The first-order chi connectivity index (χ1) is 12.5. The first kappa shape index (κ1) is 20.4. The summed E-state index contributed by atoms with van der Waals surface area (Å²) in [5.41, 5.74) is 3.12. The van der Waals surface area contributed by atoms with Crippen LogP contribution < -0.4 is 9.62 Å². The molecule has 0 spiro atoms. The van der Waals surface area contributed by atoms with E-state index in [0.717, 1.165) is 16.8 Å². The second-order valence-electron chi connectivity index (χ2n) is 6.15. The van der Waals surface area contributed by atoms with E-state index in [-0.39, 0.29) is 12.3 Å². The lowest BCUT2D eigenvalue weighted by Gasteiger charge is -2.22. The maximum Gasteiger partial charge on any atom is 0.475 e. The van der Waals surface area contributed by atoms with Gasteiger partial charge in [0.2, 0.25) is 5.91 Å². The summed E-state index contributed by atoms with van der Waals surface area (Å²) in [7, 11) is -1.61. The number of anilines is 1. The molecule has 0 saturated heterocycles. The quantitative estimate of drug-likeness (QED) is 0.465.